The molecule has 0 N–H and O–H groups in total. The Labute approximate surface area is 161 Å². The van der Waals surface area contributed by atoms with E-state index in [0.29, 0.717) is 17.1 Å². The molecule has 1 saturated heterocycles. The highest BCUT2D eigenvalue weighted by molar-refractivity contribution is 6.32. The molecule has 142 valence electrons. The van der Waals surface area contributed by atoms with Gasteiger partial charge in [0.25, 0.3) is 0 Å². The molecule has 3 rings (SSSR count). The van der Waals surface area contributed by atoms with E-state index in [9.17, 15) is 14.4 Å². The van der Waals surface area contributed by atoms with E-state index in [1.54, 1.807) is 7.05 Å². The fourth-order valence-electron chi connectivity index (χ4n) is 3.00. The number of aryl methyl sites for hydroxylation is 1. The number of benzene rings is 1. The lowest BCUT2D eigenvalue weighted by molar-refractivity contribution is -0.145. The first-order valence-electron chi connectivity index (χ1n) is 8.63. The maximum Gasteiger partial charge on any atom is 0.326 e. The van der Waals surface area contributed by atoms with Crippen molar-refractivity contribution in [3.05, 3.63) is 40.5 Å². The van der Waals surface area contributed by atoms with E-state index in [-0.39, 0.29) is 38.1 Å². The molecule has 0 saturated carbocycles. The van der Waals surface area contributed by atoms with Crippen LogP contribution in [0.25, 0.3) is 10.9 Å². The number of ether oxygens (including phenoxy) is 1. The first-order chi connectivity index (χ1) is 12.9. The zero-order chi connectivity index (χ0) is 19.6. The molecule has 1 aromatic heterocycles. The highest BCUT2D eigenvalue weighted by Crippen LogP contribution is 2.27. The monoisotopic (exact) mass is 389 g/mol. The lowest BCUT2D eigenvalue weighted by Crippen LogP contribution is -2.32. The van der Waals surface area contributed by atoms with Gasteiger partial charge in [-0.25, -0.2) is 9.78 Å². The number of rotatable bonds is 6. The summed E-state index contributed by atoms with van der Waals surface area (Å²) in [6.45, 7) is 2.16. The highest BCUT2D eigenvalue weighted by atomic mass is 35.5. The molecule has 0 aliphatic carbocycles. The van der Waals surface area contributed by atoms with E-state index in [4.69, 9.17) is 16.3 Å². The van der Waals surface area contributed by atoms with Crippen LogP contribution in [-0.4, -0.2) is 52.8 Å². The van der Waals surface area contributed by atoms with E-state index in [1.807, 2.05) is 31.2 Å². The van der Waals surface area contributed by atoms with Gasteiger partial charge in [-0.05, 0) is 25.0 Å². The van der Waals surface area contributed by atoms with Crippen molar-refractivity contribution < 1.29 is 19.1 Å². The Bertz CT molecular complexity index is 915. The number of hydrogen-bond acceptors (Lipinski definition) is 5. The van der Waals surface area contributed by atoms with Gasteiger partial charge in [-0.2, -0.15) is 0 Å². The average Bonchev–Trinajstić information content (AvgIpc) is 2.89. The summed E-state index contributed by atoms with van der Waals surface area (Å²) in [6, 6.07) is 7.29. The number of likely N-dealkylation sites (N-methyl/N-ethyl adjacent to an activating group) is 1. The van der Waals surface area contributed by atoms with Crippen molar-refractivity contribution in [3.8, 4) is 0 Å². The summed E-state index contributed by atoms with van der Waals surface area (Å²) in [5.41, 5.74) is 2.19. The fourth-order valence-corrected chi connectivity index (χ4v) is 3.20. The van der Waals surface area contributed by atoms with Crippen molar-refractivity contribution in [1.29, 1.82) is 0 Å². The summed E-state index contributed by atoms with van der Waals surface area (Å²) in [6.07, 6.45) is 0.451. The van der Waals surface area contributed by atoms with Gasteiger partial charge in [0.15, 0.2) is 0 Å². The second-order valence-corrected chi connectivity index (χ2v) is 6.84. The van der Waals surface area contributed by atoms with Gasteiger partial charge in [-0.15, -0.1) is 0 Å². The Hall–Kier alpha value is -2.67. The van der Waals surface area contributed by atoms with E-state index in [1.165, 1.54) is 4.90 Å². The van der Waals surface area contributed by atoms with E-state index < -0.39 is 5.97 Å². The van der Waals surface area contributed by atoms with Gasteiger partial charge in [-0.3, -0.25) is 14.5 Å². The Morgan fingerprint density at radius 1 is 1.30 bits per heavy atom. The number of nitrogens with zero attached hydrogens (tertiary/aromatic N) is 3. The van der Waals surface area contributed by atoms with Crippen molar-refractivity contribution in [2.75, 3.05) is 20.1 Å². The molecule has 2 aromatic rings. The smallest absolute Gasteiger partial charge is 0.326 e. The molecule has 1 aromatic carbocycles. The number of urea groups is 1. The van der Waals surface area contributed by atoms with Crippen molar-refractivity contribution in [2.24, 2.45) is 0 Å². The Balaban J connectivity index is 1.54. The quantitative estimate of drug-likeness (QED) is 0.560. The number of imide groups is 1. The first-order valence-corrected chi connectivity index (χ1v) is 9.01. The predicted octanol–water partition coefficient (Wildman–Crippen LogP) is 2.91. The van der Waals surface area contributed by atoms with Gasteiger partial charge in [0.1, 0.15) is 13.2 Å². The zero-order valence-corrected chi connectivity index (χ0v) is 16.0. The molecular weight excluding hydrogens is 370 g/mol. The van der Waals surface area contributed by atoms with Crippen LogP contribution in [0.3, 0.4) is 0 Å². The Morgan fingerprint density at radius 2 is 2.04 bits per heavy atom. The van der Waals surface area contributed by atoms with Crippen molar-refractivity contribution >= 4 is 40.4 Å². The van der Waals surface area contributed by atoms with Crippen LogP contribution >= 0.6 is 11.6 Å². The SMILES string of the molecule is Cc1c(Cl)c(COC(=O)CCCN2C(=O)CN(C)C2=O)nc2ccccc12. The molecule has 7 nitrogen and oxygen atoms in total. The fraction of sp³-hybridized carbons (Fsp3) is 0.368. The van der Waals surface area contributed by atoms with Crippen LogP contribution in [0.2, 0.25) is 5.02 Å². The van der Waals surface area contributed by atoms with Crippen LogP contribution in [0.15, 0.2) is 24.3 Å². The van der Waals surface area contributed by atoms with Gasteiger partial charge < -0.3 is 9.64 Å². The van der Waals surface area contributed by atoms with Crippen molar-refractivity contribution in [1.82, 2.24) is 14.8 Å². The topological polar surface area (TPSA) is 79.8 Å². The van der Waals surface area contributed by atoms with E-state index in [0.717, 1.165) is 21.4 Å². The third kappa shape index (κ3) is 4.03. The highest BCUT2D eigenvalue weighted by Gasteiger charge is 2.32. The van der Waals surface area contributed by atoms with Gasteiger partial charge >= 0.3 is 12.0 Å². The molecule has 0 atom stereocenters. The molecule has 0 spiro atoms. The van der Waals surface area contributed by atoms with Crippen LogP contribution in [0.5, 0.6) is 0 Å². The van der Waals surface area contributed by atoms with Crippen LogP contribution in [0.1, 0.15) is 24.1 Å². The number of pyridine rings is 1. The number of aromatic nitrogens is 1. The summed E-state index contributed by atoms with van der Waals surface area (Å²) >= 11 is 6.35. The maximum absolute atomic E-state index is 12.0. The molecule has 27 heavy (non-hydrogen) atoms. The van der Waals surface area contributed by atoms with E-state index in [2.05, 4.69) is 4.98 Å². The minimum atomic E-state index is -0.425. The molecule has 8 heteroatoms. The Kier molecular flexibility index (Phi) is 5.60. The van der Waals surface area contributed by atoms with Gasteiger partial charge in [-0.1, -0.05) is 29.8 Å². The summed E-state index contributed by atoms with van der Waals surface area (Å²) in [5.74, 6) is -0.676. The van der Waals surface area contributed by atoms with Gasteiger partial charge in [0.2, 0.25) is 5.91 Å². The number of halogens is 1. The van der Waals surface area contributed by atoms with Gasteiger partial charge in [0.05, 0.1) is 16.2 Å². The minimum absolute atomic E-state index is 0.0202. The number of hydrogen-bond donors (Lipinski definition) is 0. The predicted molar refractivity (Wildman–Crippen MR) is 100 cm³/mol. The third-order valence-electron chi connectivity index (χ3n) is 4.51. The number of esters is 1. The molecule has 0 radical (unpaired) electrons. The van der Waals surface area contributed by atoms with Crippen molar-refractivity contribution in [3.63, 3.8) is 0 Å². The van der Waals surface area contributed by atoms with Crippen LogP contribution in [0, 0.1) is 6.92 Å². The standard InChI is InChI=1S/C19H20ClN3O4/c1-12-13-6-3-4-7-14(13)21-15(18(12)20)11-27-17(25)8-5-9-23-16(24)10-22(2)19(23)26/h3-4,6-7H,5,8-11H2,1-2H3. The average molecular weight is 390 g/mol. The summed E-state index contributed by atoms with van der Waals surface area (Å²) in [5, 5.41) is 1.44. The number of para-hydroxylation sites is 1. The number of amides is 3. The normalized spacial score (nSPS) is 14.3. The molecule has 0 unspecified atom stereocenters. The van der Waals surface area contributed by atoms with E-state index >= 15 is 0 Å². The molecule has 3 amide bonds. The van der Waals surface area contributed by atoms with Crippen LogP contribution in [0.4, 0.5) is 4.79 Å². The molecule has 1 aliphatic rings. The largest absolute Gasteiger partial charge is 0.459 e. The molecule has 1 aliphatic heterocycles. The first kappa shape index (κ1) is 19.1. The van der Waals surface area contributed by atoms with Crippen LogP contribution < -0.4 is 0 Å². The van der Waals surface area contributed by atoms with Crippen molar-refractivity contribution in [2.45, 2.75) is 26.4 Å². The zero-order valence-electron chi connectivity index (χ0n) is 15.2. The summed E-state index contributed by atoms with van der Waals surface area (Å²) in [7, 11) is 1.57. The van der Waals surface area contributed by atoms with Gasteiger partial charge in [0, 0.05) is 25.4 Å². The number of fused-ring (bicyclic) bond motifs is 1. The number of carbonyl (C=O) groups excluding carboxylic acids is 3. The Morgan fingerprint density at radius 3 is 2.74 bits per heavy atom. The number of carbonyl (C=O) groups is 3. The maximum atomic E-state index is 12.0. The second kappa shape index (κ2) is 7.92. The van der Waals surface area contributed by atoms with Crippen LogP contribution in [-0.2, 0) is 20.9 Å². The third-order valence-corrected chi connectivity index (χ3v) is 5.01. The molecule has 0 bridgehead atoms. The summed E-state index contributed by atoms with van der Waals surface area (Å²) < 4.78 is 5.27. The lowest BCUT2D eigenvalue weighted by atomic mass is 10.1. The second-order valence-electron chi connectivity index (χ2n) is 6.46. The molecule has 2 heterocycles. The minimum Gasteiger partial charge on any atom is -0.459 e. The molecule has 1 fully saturated rings. The summed E-state index contributed by atoms with van der Waals surface area (Å²) in [4.78, 5) is 42.4. The lowest BCUT2D eigenvalue weighted by Gasteiger charge is -2.14. The molecular formula is C19H20ClN3O4.